The van der Waals surface area contributed by atoms with Crippen LogP contribution in [-0.2, 0) is 9.59 Å². The van der Waals surface area contributed by atoms with Gasteiger partial charge >= 0.3 is 0 Å². The van der Waals surface area contributed by atoms with Gasteiger partial charge in [0.25, 0.3) is 0 Å². The Morgan fingerprint density at radius 2 is 1.60 bits per heavy atom. The molecule has 2 fully saturated rings. The zero-order chi connectivity index (χ0) is 17.4. The quantitative estimate of drug-likeness (QED) is 0.429. The largest absolute Gasteiger partial charge is 0.494 e. The van der Waals surface area contributed by atoms with Crippen molar-refractivity contribution in [2.75, 3.05) is 11.5 Å². The number of ether oxygens (including phenoxy) is 1. The number of hydrogen-bond acceptors (Lipinski definition) is 3. The number of unbranched alkanes of at least 4 members (excludes halogenated alkanes) is 3. The summed E-state index contributed by atoms with van der Waals surface area (Å²) in [7, 11) is 0. The monoisotopic (exact) mass is 339 g/mol. The van der Waals surface area contributed by atoms with Crippen LogP contribution in [0.4, 0.5) is 5.69 Å². The van der Waals surface area contributed by atoms with Crippen molar-refractivity contribution in [2.45, 2.75) is 39.0 Å². The minimum atomic E-state index is -0.142. The highest BCUT2D eigenvalue weighted by molar-refractivity contribution is 6.22. The highest BCUT2D eigenvalue weighted by Gasteiger charge is 2.59. The first kappa shape index (κ1) is 16.4. The second-order valence-corrected chi connectivity index (χ2v) is 7.41. The van der Waals surface area contributed by atoms with Gasteiger partial charge in [0.15, 0.2) is 0 Å². The van der Waals surface area contributed by atoms with Crippen LogP contribution < -0.4 is 9.64 Å². The number of fused-ring (bicyclic) bond motifs is 5. The van der Waals surface area contributed by atoms with Gasteiger partial charge in [0.2, 0.25) is 11.8 Å². The number of hydrogen-bond donors (Lipinski definition) is 0. The summed E-state index contributed by atoms with van der Waals surface area (Å²) < 4.78 is 5.74. The normalized spacial score (nSPS) is 29.6. The van der Waals surface area contributed by atoms with E-state index in [1.807, 2.05) is 24.3 Å². The van der Waals surface area contributed by atoms with Gasteiger partial charge in [-0.2, -0.15) is 0 Å². The van der Waals surface area contributed by atoms with Gasteiger partial charge in [-0.3, -0.25) is 14.5 Å². The molecular weight excluding hydrogens is 314 g/mol. The van der Waals surface area contributed by atoms with E-state index in [0.29, 0.717) is 12.3 Å². The van der Waals surface area contributed by atoms with Crippen LogP contribution in [-0.4, -0.2) is 18.4 Å². The minimum absolute atomic E-state index is 0.0277. The van der Waals surface area contributed by atoms with Crippen LogP contribution in [0, 0.1) is 23.7 Å². The van der Waals surface area contributed by atoms with E-state index in [4.69, 9.17) is 4.74 Å². The van der Waals surface area contributed by atoms with Crippen molar-refractivity contribution in [3.63, 3.8) is 0 Å². The van der Waals surface area contributed by atoms with Crippen molar-refractivity contribution in [1.82, 2.24) is 0 Å². The van der Waals surface area contributed by atoms with Gasteiger partial charge < -0.3 is 4.74 Å². The summed E-state index contributed by atoms with van der Waals surface area (Å²) in [6.45, 7) is 2.90. The number of amides is 2. The molecule has 0 unspecified atom stereocenters. The molecule has 0 spiro atoms. The number of carbonyl (C=O) groups excluding carboxylic acids is 2. The maximum Gasteiger partial charge on any atom is 0.238 e. The maximum absolute atomic E-state index is 12.8. The first-order chi connectivity index (χ1) is 12.2. The first-order valence-corrected chi connectivity index (χ1v) is 9.49. The van der Waals surface area contributed by atoms with E-state index in [2.05, 4.69) is 19.1 Å². The molecule has 132 valence electrons. The van der Waals surface area contributed by atoms with Crippen LogP contribution in [0.1, 0.15) is 39.0 Å². The molecule has 4 nitrogen and oxygen atoms in total. The smallest absolute Gasteiger partial charge is 0.238 e. The molecule has 3 aliphatic rings. The van der Waals surface area contributed by atoms with Crippen LogP contribution in [0.3, 0.4) is 0 Å². The summed E-state index contributed by atoms with van der Waals surface area (Å²) in [5.41, 5.74) is 0.669. The predicted molar refractivity (Wildman–Crippen MR) is 96.3 cm³/mol. The molecule has 1 heterocycles. The summed E-state index contributed by atoms with van der Waals surface area (Å²) in [5, 5.41) is 0. The van der Waals surface area contributed by atoms with Gasteiger partial charge in [-0.1, -0.05) is 38.3 Å². The van der Waals surface area contributed by atoms with Crippen molar-refractivity contribution in [3.8, 4) is 5.75 Å². The second kappa shape index (κ2) is 6.66. The summed E-state index contributed by atoms with van der Waals surface area (Å²) in [4.78, 5) is 27.0. The van der Waals surface area contributed by atoms with Gasteiger partial charge in [-0.05, 0) is 48.9 Å². The molecule has 1 saturated heterocycles. The third kappa shape index (κ3) is 2.78. The van der Waals surface area contributed by atoms with Gasteiger partial charge in [0.1, 0.15) is 5.75 Å². The van der Waals surface area contributed by atoms with E-state index in [1.165, 1.54) is 24.2 Å². The maximum atomic E-state index is 12.8. The molecular formula is C21H25NO3. The van der Waals surface area contributed by atoms with Crippen LogP contribution in [0.15, 0.2) is 36.4 Å². The highest BCUT2D eigenvalue weighted by Crippen LogP contribution is 2.53. The molecule has 1 saturated carbocycles. The Kier molecular flexibility index (Phi) is 4.36. The van der Waals surface area contributed by atoms with Crippen molar-refractivity contribution >= 4 is 17.5 Å². The number of benzene rings is 1. The molecule has 2 bridgehead atoms. The number of rotatable bonds is 7. The van der Waals surface area contributed by atoms with Crippen molar-refractivity contribution < 1.29 is 14.3 Å². The number of allylic oxidation sites excluding steroid dienone is 2. The van der Waals surface area contributed by atoms with Crippen LogP contribution in [0.2, 0.25) is 0 Å². The summed E-state index contributed by atoms with van der Waals surface area (Å²) in [6.07, 6.45) is 9.90. The lowest BCUT2D eigenvalue weighted by Gasteiger charge is -2.17. The van der Waals surface area contributed by atoms with E-state index < -0.39 is 0 Å². The Morgan fingerprint density at radius 1 is 0.960 bits per heavy atom. The molecule has 0 aromatic heterocycles. The van der Waals surface area contributed by atoms with Crippen molar-refractivity contribution in [1.29, 1.82) is 0 Å². The lowest BCUT2D eigenvalue weighted by atomic mass is 9.85. The van der Waals surface area contributed by atoms with Gasteiger partial charge in [0, 0.05) is 0 Å². The van der Waals surface area contributed by atoms with Gasteiger partial charge in [-0.25, -0.2) is 0 Å². The minimum Gasteiger partial charge on any atom is -0.494 e. The molecule has 1 aromatic carbocycles. The van der Waals surface area contributed by atoms with E-state index in [0.717, 1.165) is 18.6 Å². The third-order valence-electron chi connectivity index (χ3n) is 5.83. The number of nitrogens with zero attached hydrogens (tertiary/aromatic N) is 1. The molecule has 4 rings (SSSR count). The topological polar surface area (TPSA) is 46.6 Å². The Hall–Kier alpha value is -2.10. The number of anilines is 1. The molecule has 0 N–H and O–H groups in total. The average Bonchev–Trinajstić information content (AvgIpc) is 3.30. The summed E-state index contributed by atoms with van der Waals surface area (Å²) >= 11 is 0. The molecule has 2 amide bonds. The fourth-order valence-electron chi connectivity index (χ4n) is 4.57. The second-order valence-electron chi connectivity index (χ2n) is 7.41. The zero-order valence-electron chi connectivity index (χ0n) is 14.7. The highest BCUT2D eigenvalue weighted by atomic mass is 16.5. The molecule has 4 heteroatoms. The number of carbonyl (C=O) groups is 2. The van der Waals surface area contributed by atoms with E-state index in [9.17, 15) is 9.59 Å². The van der Waals surface area contributed by atoms with E-state index >= 15 is 0 Å². The van der Waals surface area contributed by atoms with Gasteiger partial charge in [-0.15, -0.1) is 0 Å². The SMILES string of the molecule is CCCCCCOc1ccc(N2C(=O)[C@@H]3[C@@H](C2=O)[C@H]2C=C[C@H]3C2)cc1. The molecule has 25 heavy (non-hydrogen) atoms. The van der Waals surface area contributed by atoms with E-state index in [-0.39, 0.29) is 35.5 Å². The van der Waals surface area contributed by atoms with E-state index in [1.54, 1.807) is 0 Å². The number of imide groups is 1. The standard InChI is InChI=1S/C21H25NO3/c1-2-3-4-5-12-25-17-10-8-16(9-11-17)22-20(23)18-14-6-7-15(13-14)19(18)21(22)24/h6-11,14-15,18-19H,2-5,12-13H2,1H3/t14-,15-,18-,19-/m0/s1. The Labute approximate surface area is 148 Å². The molecule has 4 atom stereocenters. The predicted octanol–water partition coefficient (Wildman–Crippen LogP) is 3.96. The summed E-state index contributed by atoms with van der Waals surface area (Å²) in [6, 6.07) is 7.37. The van der Waals surface area contributed by atoms with Crippen LogP contribution in [0.25, 0.3) is 0 Å². The first-order valence-electron chi connectivity index (χ1n) is 9.49. The molecule has 0 radical (unpaired) electrons. The Balaban J connectivity index is 1.41. The lowest BCUT2D eigenvalue weighted by molar-refractivity contribution is -0.123. The third-order valence-corrected chi connectivity index (χ3v) is 5.83. The Morgan fingerprint density at radius 3 is 2.20 bits per heavy atom. The zero-order valence-corrected chi connectivity index (χ0v) is 14.7. The summed E-state index contributed by atoms with van der Waals surface area (Å²) in [5.74, 6) is 0.958. The van der Waals surface area contributed by atoms with Crippen molar-refractivity contribution in [2.24, 2.45) is 23.7 Å². The Bertz CT molecular complexity index is 664. The lowest BCUT2D eigenvalue weighted by Crippen LogP contribution is -2.32. The fourth-order valence-corrected chi connectivity index (χ4v) is 4.57. The van der Waals surface area contributed by atoms with Crippen molar-refractivity contribution in [3.05, 3.63) is 36.4 Å². The average molecular weight is 339 g/mol. The molecule has 1 aromatic rings. The van der Waals surface area contributed by atoms with Crippen LogP contribution in [0.5, 0.6) is 5.75 Å². The van der Waals surface area contributed by atoms with Crippen LogP contribution >= 0.6 is 0 Å². The molecule has 1 aliphatic heterocycles. The fraction of sp³-hybridized carbons (Fsp3) is 0.524. The molecule has 2 aliphatic carbocycles. The van der Waals surface area contributed by atoms with Gasteiger partial charge in [0.05, 0.1) is 24.1 Å².